The summed E-state index contributed by atoms with van der Waals surface area (Å²) in [4.78, 5) is 11.7. The number of hydrogen-bond donors (Lipinski definition) is 1. The van der Waals surface area contributed by atoms with Crippen LogP contribution in [0.15, 0.2) is 18.2 Å². The van der Waals surface area contributed by atoms with Crippen molar-refractivity contribution >= 4 is 11.7 Å². The minimum atomic E-state index is -0.691. The predicted octanol–water partition coefficient (Wildman–Crippen LogP) is 3.00. The fraction of sp³-hybridized carbons (Fsp3) is 0.462. The van der Waals surface area contributed by atoms with Crippen molar-refractivity contribution < 1.29 is 13.9 Å². The molecule has 4 heteroatoms. The Kier molecular flexibility index (Phi) is 4.94. The number of benzene rings is 1. The summed E-state index contributed by atoms with van der Waals surface area (Å²) in [6.45, 7) is 4.34. The molecule has 1 rings (SSSR count). The van der Waals surface area contributed by atoms with Gasteiger partial charge in [-0.2, -0.15) is 0 Å². The van der Waals surface area contributed by atoms with Crippen molar-refractivity contribution in [3.63, 3.8) is 0 Å². The van der Waals surface area contributed by atoms with Crippen LogP contribution in [0.5, 0.6) is 0 Å². The molecule has 0 bridgehead atoms. The molecule has 0 radical (unpaired) electrons. The number of carbonyl (C=O) groups is 1. The molecule has 0 saturated heterocycles. The summed E-state index contributed by atoms with van der Waals surface area (Å²) in [6, 6.07) is 4.14. The van der Waals surface area contributed by atoms with E-state index in [-0.39, 0.29) is 17.2 Å². The molecule has 0 spiro atoms. The molecule has 0 fully saturated rings. The molecule has 0 amide bonds. The Morgan fingerprint density at radius 3 is 2.82 bits per heavy atom. The summed E-state index contributed by atoms with van der Waals surface area (Å²) >= 11 is 0. The lowest BCUT2D eigenvalue weighted by molar-refractivity contribution is 0.0439. The number of anilines is 1. The van der Waals surface area contributed by atoms with Crippen LogP contribution in [0.2, 0.25) is 0 Å². The molecule has 0 aromatic heterocycles. The maximum Gasteiger partial charge on any atom is 0.343 e. The SMILES string of the molecule is CCCC(C)COC(=O)c1c(N)cccc1F. The molecule has 94 valence electrons. The first-order valence-electron chi connectivity index (χ1n) is 5.77. The van der Waals surface area contributed by atoms with Crippen molar-refractivity contribution in [2.24, 2.45) is 5.92 Å². The van der Waals surface area contributed by atoms with E-state index in [9.17, 15) is 9.18 Å². The second-order valence-electron chi connectivity index (χ2n) is 4.20. The van der Waals surface area contributed by atoms with Gasteiger partial charge in [-0.15, -0.1) is 0 Å². The first-order valence-corrected chi connectivity index (χ1v) is 5.77. The monoisotopic (exact) mass is 239 g/mol. The molecule has 1 unspecified atom stereocenters. The number of rotatable bonds is 5. The zero-order chi connectivity index (χ0) is 12.8. The van der Waals surface area contributed by atoms with Crippen LogP contribution in [0.3, 0.4) is 0 Å². The van der Waals surface area contributed by atoms with Crippen LogP contribution in [-0.2, 0) is 4.74 Å². The molecule has 1 aromatic carbocycles. The molecule has 0 saturated carbocycles. The first kappa shape index (κ1) is 13.5. The van der Waals surface area contributed by atoms with Crippen molar-refractivity contribution in [2.75, 3.05) is 12.3 Å². The second-order valence-corrected chi connectivity index (χ2v) is 4.20. The summed E-state index contributed by atoms with van der Waals surface area (Å²) < 4.78 is 18.4. The highest BCUT2D eigenvalue weighted by molar-refractivity contribution is 5.95. The third kappa shape index (κ3) is 3.73. The van der Waals surface area contributed by atoms with Crippen molar-refractivity contribution in [2.45, 2.75) is 26.7 Å². The van der Waals surface area contributed by atoms with E-state index in [2.05, 4.69) is 6.92 Å². The van der Waals surface area contributed by atoms with Gasteiger partial charge < -0.3 is 10.5 Å². The highest BCUT2D eigenvalue weighted by atomic mass is 19.1. The molecule has 0 heterocycles. The lowest BCUT2D eigenvalue weighted by atomic mass is 10.1. The Balaban J connectivity index is 2.64. The van der Waals surface area contributed by atoms with Gasteiger partial charge in [0.25, 0.3) is 0 Å². The van der Waals surface area contributed by atoms with Crippen LogP contribution in [0.4, 0.5) is 10.1 Å². The van der Waals surface area contributed by atoms with Crippen LogP contribution < -0.4 is 5.73 Å². The van der Waals surface area contributed by atoms with Crippen LogP contribution >= 0.6 is 0 Å². The fourth-order valence-electron chi connectivity index (χ4n) is 1.62. The number of hydrogen-bond acceptors (Lipinski definition) is 3. The minimum absolute atomic E-state index is 0.109. The topological polar surface area (TPSA) is 52.3 Å². The quantitative estimate of drug-likeness (QED) is 0.634. The third-order valence-electron chi connectivity index (χ3n) is 2.53. The number of nitrogen functional groups attached to an aromatic ring is 1. The van der Waals surface area contributed by atoms with Crippen molar-refractivity contribution in [3.05, 3.63) is 29.6 Å². The first-order chi connectivity index (χ1) is 8.06. The molecule has 17 heavy (non-hydrogen) atoms. The van der Waals surface area contributed by atoms with Crippen molar-refractivity contribution in [1.82, 2.24) is 0 Å². The summed E-state index contributed by atoms with van der Waals surface area (Å²) in [5.41, 5.74) is 5.49. The molecule has 0 aliphatic carbocycles. The predicted molar refractivity (Wildman–Crippen MR) is 65.2 cm³/mol. The standard InChI is InChI=1S/C13H18FNO2/c1-3-5-9(2)8-17-13(16)12-10(14)6-4-7-11(12)15/h4,6-7,9H,3,5,8,15H2,1-2H3. The molecule has 1 aromatic rings. The Bertz CT molecular complexity index is 373. The summed E-state index contributed by atoms with van der Waals surface area (Å²) in [6.07, 6.45) is 2.00. The van der Waals surface area contributed by atoms with Gasteiger partial charge in [-0.25, -0.2) is 9.18 Å². The van der Waals surface area contributed by atoms with E-state index in [1.165, 1.54) is 18.2 Å². The molecule has 0 aliphatic heterocycles. The fourth-order valence-corrected chi connectivity index (χ4v) is 1.62. The van der Waals surface area contributed by atoms with Gasteiger partial charge in [0.1, 0.15) is 11.4 Å². The van der Waals surface area contributed by atoms with E-state index in [1.54, 1.807) is 0 Å². The number of ether oxygens (including phenoxy) is 1. The number of carbonyl (C=O) groups excluding carboxylic acids is 1. The van der Waals surface area contributed by atoms with Gasteiger partial charge in [0.2, 0.25) is 0 Å². The third-order valence-corrected chi connectivity index (χ3v) is 2.53. The van der Waals surface area contributed by atoms with Gasteiger partial charge in [-0.05, 0) is 24.5 Å². The molecule has 1 atom stereocenters. The van der Waals surface area contributed by atoms with Gasteiger partial charge in [0, 0.05) is 5.69 Å². The molecule has 3 nitrogen and oxygen atoms in total. The summed E-state index contributed by atoms with van der Waals surface area (Å²) in [7, 11) is 0. The smallest absolute Gasteiger partial charge is 0.343 e. The molecular weight excluding hydrogens is 221 g/mol. The minimum Gasteiger partial charge on any atom is -0.462 e. The lowest BCUT2D eigenvalue weighted by Gasteiger charge is -2.12. The average molecular weight is 239 g/mol. The summed E-state index contributed by atoms with van der Waals surface area (Å²) in [5.74, 6) is -1.06. The van der Waals surface area contributed by atoms with E-state index in [1.807, 2.05) is 6.92 Å². The van der Waals surface area contributed by atoms with E-state index in [0.29, 0.717) is 6.61 Å². The maximum atomic E-state index is 13.4. The second kappa shape index (κ2) is 6.23. The van der Waals surface area contributed by atoms with E-state index >= 15 is 0 Å². The summed E-state index contributed by atoms with van der Waals surface area (Å²) in [5, 5.41) is 0. The van der Waals surface area contributed by atoms with E-state index in [4.69, 9.17) is 10.5 Å². The van der Waals surface area contributed by atoms with E-state index in [0.717, 1.165) is 12.8 Å². The van der Waals surface area contributed by atoms with Gasteiger partial charge in [0.15, 0.2) is 0 Å². The number of esters is 1. The van der Waals surface area contributed by atoms with Crippen LogP contribution in [-0.4, -0.2) is 12.6 Å². The zero-order valence-corrected chi connectivity index (χ0v) is 10.2. The normalized spacial score (nSPS) is 12.2. The molecule has 0 aliphatic rings. The van der Waals surface area contributed by atoms with Gasteiger partial charge in [-0.1, -0.05) is 26.3 Å². The lowest BCUT2D eigenvalue weighted by Crippen LogP contribution is -2.15. The highest BCUT2D eigenvalue weighted by Crippen LogP contribution is 2.17. The highest BCUT2D eigenvalue weighted by Gasteiger charge is 2.17. The Morgan fingerprint density at radius 2 is 2.24 bits per heavy atom. The van der Waals surface area contributed by atoms with Crippen molar-refractivity contribution in [1.29, 1.82) is 0 Å². The average Bonchev–Trinajstić information content (AvgIpc) is 2.26. The Hall–Kier alpha value is -1.58. The van der Waals surface area contributed by atoms with Crippen LogP contribution in [0.25, 0.3) is 0 Å². The van der Waals surface area contributed by atoms with Gasteiger partial charge >= 0.3 is 5.97 Å². The van der Waals surface area contributed by atoms with Crippen LogP contribution in [0, 0.1) is 11.7 Å². The maximum absolute atomic E-state index is 13.4. The number of nitrogens with two attached hydrogens (primary N) is 1. The Morgan fingerprint density at radius 1 is 1.53 bits per heavy atom. The van der Waals surface area contributed by atoms with Gasteiger partial charge in [0.05, 0.1) is 6.61 Å². The van der Waals surface area contributed by atoms with E-state index < -0.39 is 11.8 Å². The van der Waals surface area contributed by atoms with Crippen LogP contribution in [0.1, 0.15) is 37.0 Å². The zero-order valence-electron chi connectivity index (χ0n) is 10.2. The molecule has 2 N–H and O–H groups in total. The number of halogens is 1. The van der Waals surface area contributed by atoms with Crippen molar-refractivity contribution in [3.8, 4) is 0 Å². The Labute approximate surface area is 101 Å². The molecular formula is C13H18FNO2. The largest absolute Gasteiger partial charge is 0.462 e. The van der Waals surface area contributed by atoms with Gasteiger partial charge in [-0.3, -0.25) is 0 Å².